The maximum absolute atomic E-state index is 11.5. The molecule has 0 amide bonds. The SMILES string of the molecule is OC1(c2ccccc2)c2ccccc2-c2ccccc21. The van der Waals surface area contributed by atoms with Gasteiger partial charge in [0.15, 0.2) is 0 Å². The molecule has 0 fully saturated rings. The van der Waals surface area contributed by atoms with Gasteiger partial charge in [0.05, 0.1) is 0 Å². The topological polar surface area (TPSA) is 20.2 Å². The van der Waals surface area contributed by atoms with E-state index in [2.05, 4.69) is 12.1 Å². The van der Waals surface area contributed by atoms with Gasteiger partial charge in [-0.3, -0.25) is 0 Å². The van der Waals surface area contributed by atoms with E-state index in [1.807, 2.05) is 66.7 Å². The minimum absolute atomic E-state index is 0.914. The van der Waals surface area contributed by atoms with Gasteiger partial charge in [-0.15, -0.1) is 0 Å². The third kappa shape index (κ3) is 1.36. The molecule has 0 aliphatic heterocycles. The number of fused-ring (bicyclic) bond motifs is 3. The predicted molar refractivity (Wildman–Crippen MR) is 80.4 cm³/mol. The Kier molecular flexibility index (Phi) is 2.32. The molecule has 4 rings (SSSR count). The van der Waals surface area contributed by atoms with Gasteiger partial charge in [0.25, 0.3) is 0 Å². The van der Waals surface area contributed by atoms with E-state index in [1.54, 1.807) is 0 Å². The Morgan fingerprint density at radius 3 is 1.55 bits per heavy atom. The van der Waals surface area contributed by atoms with Crippen LogP contribution in [0.25, 0.3) is 11.1 Å². The number of hydrogen-bond acceptors (Lipinski definition) is 1. The lowest BCUT2D eigenvalue weighted by Crippen LogP contribution is -2.25. The van der Waals surface area contributed by atoms with Gasteiger partial charge >= 0.3 is 0 Å². The zero-order valence-corrected chi connectivity index (χ0v) is 11.0. The quantitative estimate of drug-likeness (QED) is 0.700. The molecule has 0 radical (unpaired) electrons. The van der Waals surface area contributed by atoms with Gasteiger partial charge in [0.2, 0.25) is 0 Å². The molecule has 1 N–H and O–H groups in total. The molecule has 1 heteroatoms. The van der Waals surface area contributed by atoms with E-state index >= 15 is 0 Å². The summed E-state index contributed by atoms with van der Waals surface area (Å²) in [5.74, 6) is 0. The smallest absolute Gasteiger partial charge is 0.141 e. The molecule has 0 atom stereocenters. The van der Waals surface area contributed by atoms with Gasteiger partial charge in [0.1, 0.15) is 5.60 Å². The summed E-state index contributed by atoms with van der Waals surface area (Å²) in [7, 11) is 0. The van der Waals surface area contributed by atoms with E-state index in [0.717, 1.165) is 27.8 Å². The van der Waals surface area contributed by atoms with Crippen LogP contribution in [0, 0.1) is 0 Å². The van der Waals surface area contributed by atoms with Gasteiger partial charge in [-0.25, -0.2) is 0 Å². The molecule has 3 aromatic carbocycles. The number of hydrogen-bond donors (Lipinski definition) is 1. The number of benzene rings is 3. The summed E-state index contributed by atoms with van der Waals surface area (Å²) < 4.78 is 0. The zero-order chi connectivity index (χ0) is 13.6. The predicted octanol–water partition coefficient (Wildman–Crippen LogP) is 3.95. The summed E-state index contributed by atoms with van der Waals surface area (Å²) in [5.41, 5.74) is 4.04. The summed E-state index contributed by atoms with van der Waals surface area (Å²) in [6.45, 7) is 0. The van der Waals surface area contributed by atoms with Crippen molar-refractivity contribution >= 4 is 0 Å². The third-order valence-electron chi connectivity index (χ3n) is 4.12. The fourth-order valence-corrected chi connectivity index (χ4v) is 3.20. The highest BCUT2D eigenvalue weighted by atomic mass is 16.3. The molecule has 0 spiro atoms. The van der Waals surface area contributed by atoms with Crippen LogP contribution in [0.4, 0.5) is 0 Å². The van der Waals surface area contributed by atoms with Gasteiger partial charge in [0, 0.05) is 11.1 Å². The first-order valence-corrected chi connectivity index (χ1v) is 6.79. The van der Waals surface area contributed by atoms with Gasteiger partial charge < -0.3 is 5.11 Å². The maximum Gasteiger partial charge on any atom is 0.141 e. The Morgan fingerprint density at radius 2 is 1.00 bits per heavy atom. The van der Waals surface area contributed by atoms with Crippen molar-refractivity contribution in [2.75, 3.05) is 0 Å². The van der Waals surface area contributed by atoms with Crippen LogP contribution < -0.4 is 0 Å². The van der Waals surface area contributed by atoms with Crippen molar-refractivity contribution in [3.8, 4) is 11.1 Å². The first kappa shape index (κ1) is 11.4. The van der Waals surface area contributed by atoms with Crippen molar-refractivity contribution < 1.29 is 5.11 Å². The molecule has 96 valence electrons. The summed E-state index contributed by atoms with van der Waals surface area (Å²) in [6, 6.07) is 26.1. The van der Waals surface area contributed by atoms with Crippen LogP contribution in [-0.2, 0) is 5.60 Å². The van der Waals surface area contributed by atoms with Gasteiger partial charge in [-0.2, -0.15) is 0 Å². The molecule has 20 heavy (non-hydrogen) atoms. The fourth-order valence-electron chi connectivity index (χ4n) is 3.20. The van der Waals surface area contributed by atoms with Crippen LogP contribution in [0.5, 0.6) is 0 Å². The molecule has 0 saturated heterocycles. The van der Waals surface area contributed by atoms with Crippen molar-refractivity contribution in [2.24, 2.45) is 0 Å². The summed E-state index contributed by atoms with van der Waals surface area (Å²) in [6.07, 6.45) is 0. The van der Waals surface area contributed by atoms with Crippen molar-refractivity contribution in [1.82, 2.24) is 0 Å². The molecular formula is C19H14O. The van der Waals surface area contributed by atoms with E-state index in [0.29, 0.717) is 0 Å². The first-order chi connectivity index (χ1) is 9.82. The third-order valence-corrected chi connectivity index (χ3v) is 4.12. The van der Waals surface area contributed by atoms with Crippen LogP contribution in [-0.4, -0.2) is 5.11 Å². The van der Waals surface area contributed by atoms with Crippen molar-refractivity contribution in [2.45, 2.75) is 5.60 Å². The Bertz CT molecular complexity index is 729. The molecule has 0 heterocycles. The second-order valence-corrected chi connectivity index (χ2v) is 5.17. The minimum atomic E-state index is -1.05. The van der Waals surface area contributed by atoms with E-state index < -0.39 is 5.60 Å². The van der Waals surface area contributed by atoms with Crippen molar-refractivity contribution in [3.05, 3.63) is 95.6 Å². The lowest BCUT2D eigenvalue weighted by atomic mass is 9.84. The second kappa shape index (κ2) is 4.06. The monoisotopic (exact) mass is 258 g/mol. The molecule has 1 aliphatic rings. The average molecular weight is 258 g/mol. The van der Waals surface area contributed by atoms with Crippen molar-refractivity contribution in [1.29, 1.82) is 0 Å². The van der Waals surface area contributed by atoms with Gasteiger partial charge in [-0.05, 0) is 16.7 Å². The zero-order valence-electron chi connectivity index (χ0n) is 11.0. The summed E-state index contributed by atoms with van der Waals surface area (Å²) >= 11 is 0. The van der Waals surface area contributed by atoms with Crippen LogP contribution in [0.15, 0.2) is 78.9 Å². The number of aliphatic hydroxyl groups is 1. The highest BCUT2D eigenvalue weighted by molar-refractivity contribution is 5.82. The van der Waals surface area contributed by atoms with E-state index in [4.69, 9.17) is 0 Å². The van der Waals surface area contributed by atoms with Crippen molar-refractivity contribution in [3.63, 3.8) is 0 Å². The molecule has 1 aliphatic carbocycles. The second-order valence-electron chi connectivity index (χ2n) is 5.17. The van der Waals surface area contributed by atoms with Gasteiger partial charge in [-0.1, -0.05) is 78.9 Å². The molecule has 0 unspecified atom stereocenters. The Hall–Kier alpha value is -2.38. The highest BCUT2D eigenvalue weighted by Gasteiger charge is 2.42. The minimum Gasteiger partial charge on any atom is -0.376 e. The summed E-state index contributed by atoms with van der Waals surface area (Å²) in [4.78, 5) is 0. The molecule has 0 aromatic heterocycles. The van der Waals surface area contributed by atoms with Crippen LogP contribution in [0.3, 0.4) is 0 Å². The standard InChI is InChI=1S/C19H14O/c20-19(14-8-2-1-3-9-14)17-12-6-4-10-15(17)16-11-5-7-13-18(16)19/h1-13,20H. The molecular weight excluding hydrogens is 244 g/mol. The van der Waals surface area contributed by atoms with E-state index in [1.165, 1.54) is 0 Å². The molecule has 0 bridgehead atoms. The highest BCUT2D eigenvalue weighted by Crippen LogP contribution is 2.50. The average Bonchev–Trinajstić information content (AvgIpc) is 2.80. The van der Waals surface area contributed by atoms with Crippen LogP contribution in [0.2, 0.25) is 0 Å². The van der Waals surface area contributed by atoms with E-state index in [9.17, 15) is 5.11 Å². The Labute approximate surface area is 118 Å². The normalized spacial score (nSPS) is 14.7. The molecule has 0 saturated carbocycles. The Balaban J connectivity index is 2.10. The molecule has 1 nitrogen and oxygen atoms in total. The lowest BCUT2D eigenvalue weighted by Gasteiger charge is -2.26. The largest absolute Gasteiger partial charge is 0.376 e. The Morgan fingerprint density at radius 1 is 0.550 bits per heavy atom. The lowest BCUT2D eigenvalue weighted by molar-refractivity contribution is 0.131. The van der Waals surface area contributed by atoms with Crippen LogP contribution >= 0.6 is 0 Å². The molecule has 3 aromatic rings. The van der Waals surface area contributed by atoms with E-state index in [-0.39, 0.29) is 0 Å². The first-order valence-electron chi connectivity index (χ1n) is 6.79. The summed E-state index contributed by atoms with van der Waals surface area (Å²) in [5, 5.41) is 11.5. The fraction of sp³-hybridized carbons (Fsp3) is 0.0526. The number of rotatable bonds is 1. The van der Waals surface area contributed by atoms with Crippen LogP contribution in [0.1, 0.15) is 16.7 Å². The maximum atomic E-state index is 11.5.